The summed E-state index contributed by atoms with van der Waals surface area (Å²) in [6.07, 6.45) is 0. The number of fused-ring (bicyclic) bond motifs is 1. The molecule has 0 spiro atoms. The van der Waals surface area contributed by atoms with Crippen LogP contribution in [0.3, 0.4) is 0 Å². The van der Waals surface area contributed by atoms with Gasteiger partial charge in [-0.25, -0.2) is 4.98 Å². The molecule has 0 aliphatic carbocycles. The Hall–Kier alpha value is -3.76. The highest BCUT2D eigenvalue weighted by molar-refractivity contribution is 5.93. The van der Waals surface area contributed by atoms with E-state index in [1.54, 1.807) is 11.0 Å². The zero-order valence-corrected chi connectivity index (χ0v) is 30.0. The smallest absolute Gasteiger partial charge is 0.261 e. The summed E-state index contributed by atoms with van der Waals surface area (Å²) in [4.78, 5) is 50.8. The molecule has 2 aromatic carbocycles. The Morgan fingerprint density at radius 3 is 1.84 bits per heavy atom. The van der Waals surface area contributed by atoms with Gasteiger partial charge in [-0.3, -0.25) is 28.8 Å². The molecule has 0 bridgehead atoms. The molecule has 0 atom stereocenters. The zero-order valence-electron chi connectivity index (χ0n) is 30.0. The van der Waals surface area contributed by atoms with E-state index < -0.39 is 0 Å². The molecule has 2 aliphatic heterocycles. The van der Waals surface area contributed by atoms with Gasteiger partial charge >= 0.3 is 0 Å². The molecule has 2 aliphatic rings. The fourth-order valence-electron chi connectivity index (χ4n) is 6.03. The molecule has 0 radical (unpaired) electrons. The fourth-order valence-corrected chi connectivity index (χ4v) is 6.03. The summed E-state index contributed by atoms with van der Waals surface area (Å²) < 4.78 is 30.5. The third-order valence-electron chi connectivity index (χ3n) is 9.03. The van der Waals surface area contributed by atoms with Crippen LogP contribution in [-0.2, 0) is 46.4 Å². The van der Waals surface area contributed by atoms with E-state index in [0.717, 1.165) is 16.8 Å². The number of hydrogen-bond acceptors (Lipinski definition) is 11. The van der Waals surface area contributed by atoms with E-state index in [9.17, 15) is 14.4 Å². The van der Waals surface area contributed by atoms with Crippen molar-refractivity contribution in [3.63, 3.8) is 0 Å². The lowest BCUT2D eigenvalue weighted by Crippen LogP contribution is -2.44. The number of anilines is 1. The predicted octanol–water partition coefficient (Wildman–Crippen LogP) is 1.69. The molecule has 278 valence electrons. The van der Waals surface area contributed by atoms with Crippen molar-refractivity contribution in [2.45, 2.75) is 26.9 Å². The van der Waals surface area contributed by atoms with Crippen LogP contribution in [0.1, 0.15) is 17.0 Å². The van der Waals surface area contributed by atoms with E-state index in [1.165, 1.54) is 4.57 Å². The molecule has 2 fully saturated rings. The summed E-state index contributed by atoms with van der Waals surface area (Å²) >= 11 is 0. The maximum absolute atomic E-state index is 13.8. The Kier molecular flexibility index (Phi) is 15.3. The van der Waals surface area contributed by atoms with Gasteiger partial charge in [-0.15, -0.1) is 0 Å². The SMILES string of the molecule is Cc1ccccc1NC(=O)CN1CCOCCOCCN(Cc2nc3c(C)cccc3c(=O)n2CC(=O)N2CCOCC2)CCOCCOCC1. The Labute approximate surface area is 299 Å². The molecule has 1 aromatic heterocycles. The molecule has 0 unspecified atom stereocenters. The Morgan fingerprint density at radius 1 is 0.667 bits per heavy atom. The first-order chi connectivity index (χ1) is 24.9. The Bertz CT molecular complexity index is 1610. The number of nitrogens with zero attached hydrogens (tertiary/aromatic N) is 5. The number of para-hydroxylation sites is 2. The maximum atomic E-state index is 13.8. The van der Waals surface area contributed by atoms with E-state index in [1.807, 2.05) is 55.1 Å². The van der Waals surface area contributed by atoms with E-state index >= 15 is 0 Å². The highest BCUT2D eigenvalue weighted by Gasteiger charge is 2.22. The molecule has 14 nitrogen and oxygen atoms in total. The van der Waals surface area contributed by atoms with Crippen LogP contribution in [0.2, 0.25) is 0 Å². The molecule has 1 N–H and O–H groups in total. The number of hydrogen-bond donors (Lipinski definition) is 1. The molecule has 3 heterocycles. The number of rotatable bonds is 7. The molecule has 14 heteroatoms. The van der Waals surface area contributed by atoms with Crippen LogP contribution in [-0.4, -0.2) is 148 Å². The van der Waals surface area contributed by atoms with Crippen LogP contribution in [0.4, 0.5) is 5.69 Å². The van der Waals surface area contributed by atoms with Crippen LogP contribution >= 0.6 is 0 Å². The van der Waals surface area contributed by atoms with Crippen LogP contribution in [0, 0.1) is 13.8 Å². The number of carbonyl (C=O) groups excluding carboxylic acids is 2. The van der Waals surface area contributed by atoms with E-state index in [-0.39, 0.29) is 30.5 Å². The number of aryl methyl sites for hydroxylation is 2. The minimum absolute atomic E-state index is 0.0858. The molecular formula is C37H52N6O8. The second-order valence-corrected chi connectivity index (χ2v) is 12.7. The van der Waals surface area contributed by atoms with E-state index in [2.05, 4.69) is 10.2 Å². The zero-order chi connectivity index (χ0) is 35.8. The summed E-state index contributed by atoms with van der Waals surface area (Å²) in [5.41, 5.74) is 3.13. The summed E-state index contributed by atoms with van der Waals surface area (Å²) in [6.45, 7) is 12.0. The van der Waals surface area contributed by atoms with Gasteiger partial charge in [-0.1, -0.05) is 30.3 Å². The third kappa shape index (κ3) is 11.9. The molecule has 3 aromatic rings. The predicted molar refractivity (Wildman–Crippen MR) is 193 cm³/mol. The van der Waals surface area contributed by atoms with Gasteiger partial charge in [0.25, 0.3) is 5.56 Å². The van der Waals surface area contributed by atoms with Crippen LogP contribution < -0.4 is 10.9 Å². The third-order valence-corrected chi connectivity index (χ3v) is 9.03. The van der Waals surface area contributed by atoms with Gasteiger partial charge in [-0.05, 0) is 37.1 Å². The Morgan fingerprint density at radius 2 is 1.22 bits per heavy atom. The quantitative estimate of drug-likeness (QED) is 0.384. The molecule has 2 saturated heterocycles. The van der Waals surface area contributed by atoms with Gasteiger partial charge in [0, 0.05) is 45.0 Å². The fraction of sp³-hybridized carbons (Fsp3) is 0.568. The first-order valence-corrected chi connectivity index (χ1v) is 17.8. The standard InChI is InChI=1S/C37H52N6O8/c1-29-6-3-4-9-32(29)38-34(44)27-41-12-18-50-24-22-48-16-10-40(11-17-49-23-25-51-19-13-41)26-33-39-36-30(2)7-5-8-31(36)37(46)43(33)28-35(45)42-14-20-47-21-15-42/h3-9H,10-28H2,1-2H3,(H,38,44). The average Bonchev–Trinajstić information content (AvgIpc) is 3.13. The van der Waals surface area contributed by atoms with Gasteiger partial charge in [0.1, 0.15) is 12.4 Å². The van der Waals surface area contributed by atoms with Crippen molar-refractivity contribution < 1.29 is 33.3 Å². The topological polar surface area (TPSA) is 137 Å². The van der Waals surface area contributed by atoms with E-state index in [4.69, 9.17) is 28.7 Å². The number of benzene rings is 2. The molecular weight excluding hydrogens is 656 g/mol. The van der Waals surface area contributed by atoms with E-state index in [0.29, 0.717) is 129 Å². The summed E-state index contributed by atoms with van der Waals surface area (Å²) in [7, 11) is 0. The van der Waals surface area contributed by atoms with Crippen LogP contribution in [0.15, 0.2) is 47.3 Å². The molecule has 51 heavy (non-hydrogen) atoms. The van der Waals surface area contributed by atoms with Crippen molar-refractivity contribution in [1.82, 2.24) is 24.3 Å². The Balaban J connectivity index is 1.19. The van der Waals surface area contributed by atoms with Gasteiger partial charge < -0.3 is 33.9 Å². The maximum Gasteiger partial charge on any atom is 0.261 e. The number of carbonyl (C=O) groups is 2. The molecule has 5 rings (SSSR count). The normalized spacial score (nSPS) is 18.6. The minimum atomic E-state index is -0.228. The monoisotopic (exact) mass is 708 g/mol. The minimum Gasteiger partial charge on any atom is -0.378 e. The van der Waals surface area contributed by atoms with Crippen molar-refractivity contribution in [3.05, 3.63) is 69.8 Å². The number of amides is 2. The number of ether oxygens (including phenoxy) is 5. The second kappa shape index (κ2) is 20.3. The van der Waals surface area contributed by atoms with Crippen molar-refractivity contribution in [2.24, 2.45) is 0 Å². The highest BCUT2D eigenvalue weighted by Crippen LogP contribution is 2.16. The number of nitrogens with one attached hydrogen (secondary N) is 1. The average molecular weight is 709 g/mol. The lowest BCUT2D eigenvalue weighted by Gasteiger charge is -2.28. The largest absolute Gasteiger partial charge is 0.378 e. The van der Waals surface area contributed by atoms with Crippen molar-refractivity contribution >= 4 is 28.4 Å². The van der Waals surface area contributed by atoms with Gasteiger partial charge in [-0.2, -0.15) is 0 Å². The van der Waals surface area contributed by atoms with Crippen LogP contribution in [0.5, 0.6) is 0 Å². The van der Waals surface area contributed by atoms with Gasteiger partial charge in [0.15, 0.2) is 0 Å². The van der Waals surface area contributed by atoms with Crippen molar-refractivity contribution in [1.29, 1.82) is 0 Å². The lowest BCUT2D eigenvalue weighted by atomic mass is 10.1. The van der Waals surface area contributed by atoms with Crippen molar-refractivity contribution in [2.75, 3.05) is 117 Å². The van der Waals surface area contributed by atoms with Crippen LogP contribution in [0.25, 0.3) is 10.9 Å². The summed E-state index contributed by atoms with van der Waals surface area (Å²) in [5.74, 6) is 0.308. The summed E-state index contributed by atoms with van der Waals surface area (Å²) in [5, 5.41) is 3.49. The number of morpholine rings is 1. The molecule has 0 saturated carbocycles. The second-order valence-electron chi connectivity index (χ2n) is 12.7. The van der Waals surface area contributed by atoms with Gasteiger partial charge in [0.05, 0.1) is 90.1 Å². The first-order valence-electron chi connectivity index (χ1n) is 17.8. The van der Waals surface area contributed by atoms with Gasteiger partial charge in [0.2, 0.25) is 11.8 Å². The first kappa shape index (κ1) is 38.5. The lowest BCUT2D eigenvalue weighted by molar-refractivity contribution is -0.136. The molecule has 2 amide bonds. The number of aromatic nitrogens is 2. The highest BCUT2D eigenvalue weighted by atomic mass is 16.5. The summed E-state index contributed by atoms with van der Waals surface area (Å²) in [6, 6.07) is 13.3. The van der Waals surface area contributed by atoms with Crippen molar-refractivity contribution in [3.8, 4) is 0 Å².